The van der Waals surface area contributed by atoms with E-state index in [0.29, 0.717) is 5.56 Å². The minimum Gasteiger partial charge on any atom is -0.481 e. The number of hydrogen-bond acceptors (Lipinski definition) is 3. The highest BCUT2D eigenvalue weighted by Crippen LogP contribution is 2.24. The second-order valence-electron chi connectivity index (χ2n) is 2.96. The molecule has 0 bridgehead atoms. The van der Waals surface area contributed by atoms with Crippen LogP contribution in [0.1, 0.15) is 23.7 Å². The van der Waals surface area contributed by atoms with Crippen molar-refractivity contribution in [3.63, 3.8) is 0 Å². The largest absolute Gasteiger partial charge is 0.481 e. The summed E-state index contributed by atoms with van der Waals surface area (Å²) in [4.78, 5) is 21.2. The van der Waals surface area contributed by atoms with E-state index in [1.807, 2.05) is 0 Å². The second kappa shape index (κ2) is 3.95. The van der Waals surface area contributed by atoms with E-state index in [0.717, 1.165) is 0 Å². The highest BCUT2D eigenvalue weighted by Gasteiger charge is 2.27. The van der Waals surface area contributed by atoms with E-state index in [9.17, 15) is 9.59 Å². The first-order valence-corrected chi connectivity index (χ1v) is 4.01. The third kappa shape index (κ3) is 2.12. The summed E-state index contributed by atoms with van der Waals surface area (Å²) in [5.74, 6) is -3.25. The fourth-order valence-corrected chi connectivity index (χ4v) is 1.21. The molecular formula is C9H10O5. The third-order valence-corrected chi connectivity index (χ3v) is 1.90. The van der Waals surface area contributed by atoms with Gasteiger partial charge in [0.15, 0.2) is 0 Å². The Bertz CT molecular complexity index is 352. The summed E-state index contributed by atoms with van der Waals surface area (Å²) >= 11 is 0. The first kappa shape index (κ1) is 10.3. The molecular weight excluding hydrogens is 188 g/mol. The summed E-state index contributed by atoms with van der Waals surface area (Å²) in [5, 5.41) is 17.3. The molecule has 2 N–H and O–H groups in total. The van der Waals surface area contributed by atoms with Crippen molar-refractivity contribution in [3.8, 4) is 0 Å². The van der Waals surface area contributed by atoms with E-state index < -0.39 is 24.3 Å². The molecule has 14 heavy (non-hydrogen) atoms. The van der Waals surface area contributed by atoms with Crippen LogP contribution in [0.3, 0.4) is 0 Å². The average Bonchev–Trinajstić information content (AvgIpc) is 2.46. The molecule has 0 aromatic carbocycles. The van der Waals surface area contributed by atoms with Crippen molar-refractivity contribution in [1.29, 1.82) is 0 Å². The lowest BCUT2D eigenvalue weighted by Crippen LogP contribution is -2.16. The molecule has 0 saturated carbocycles. The first-order valence-electron chi connectivity index (χ1n) is 4.01. The lowest BCUT2D eigenvalue weighted by molar-refractivity contribution is -0.145. The number of aryl methyl sites for hydroxylation is 1. The van der Waals surface area contributed by atoms with Crippen molar-refractivity contribution in [2.24, 2.45) is 0 Å². The normalized spacial score (nSPS) is 12.4. The average molecular weight is 198 g/mol. The number of furan rings is 1. The van der Waals surface area contributed by atoms with Crippen LogP contribution >= 0.6 is 0 Å². The lowest BCUT2D eigenvalue weighted by atomic mass is 10.00. The Balaban J connectivity index is 2.94. The van der Waals surface area contributed by atoms with Crippen molar-refractivity contribution in [1.82, 2.24) is 0 Å². The fraction of sp³-hybridized carbons (Fsp3) is 0.333. The molecule has 0 aliphatic carbocycles. The molecule has 0 radical (unpaired) electrons. The number of carboxylic acid groups (broad SMARTS) is 2. The zero-order valence-corrected chi connectivity index (χ0v) is 7.56. The molecule has 0 fully saturated rings. The van der Waals surface area contributed by atoms with E-state index in [1.165, 1.54) is 6.26 Å². The van der Waals surface area contributed by atoms with Crippen LogP contribution in [-0.4, -0.2) is 22.2 Å². The van der Waals surface area contributed by atoms with Crippen molar-refractivity contribution in [2.45, 2.75) is 19.3 Å². The van der Waals surface area contributed by atoms with Gasteiger partial charge in [-0.1, -0.05) is 0 Å². The third-order valence-electron chi connectivity index (χ3n) is 1.90. The molecule has 1 atom stereocenters. The van der Waals surface area contributed by atoms with Crippen LogP contribution in [0.5, 0.6) is 0 Å². The maximum absolute atomic E-state index is 10.8. The smallest absolute Gasteiger partial charge is 0.314 e. The molecule has 0 aliphatic rings. The molecule has 1 rings (SSSR count). The van der Waals surface area contributed by atoms with Crippen molar-refractivity contribution < 1.29 is 24.2 Å². The van der Waals surface area contributed by atoms with Gasteiger partial charge in [-0.15, -0.1) is 0 Å². The maximum Gasteiger partial charge on any atom is 0.314 e. The zero-order valence-electron chi connectivity index (χ0n) is 7.56. The van der Waals surface area contributed by atoms with Gasteiger partial charge in [0.25, 0.3) is 0 Å². The number of carbonyl (C=O) groups is 2. The number of hydrogen-bond donors (Lipinski definition) is 2. The van der Waals surface area contributed by atoms with Gasteiger partial charge in [0.2, 0.25) is 0 Å². The molecule has 5 nitrogen and oxygen atoms in total. The standard InChI is InChI=1S/C9H10O5/c1-5-2-3-14-8(5)6(9(12)13)4-7(10)11/h2-3,6H,4H2,1H3,(H,10,11)(H,12,13). The molecule has 0 spiro atoms. The molecule has 5 heteroatoms. The molecule has 76 valence electrons. The number of aliphatic carboxylic acids is 2. The highest BCUT2D eigenvalue weighted by atomic mass is 16.4. The van der Waals surface area contributed by atoms with Crippen LogP contribution in [0.15, 0.2) is 16.7 Å². The minimum atomic E-state index is -1.19. The number of rotatable bonds is 4. The van der Waals surface area contributed by atoms with E-state index in [2.05, 4.69) is 0 Å². The summed E-state index contributed by atoms with van der Waals surface area (Å²) in [5.41, 5.74) is 0.652. The Morgan fingerprint density at radius 3 is 2.50 bits per heavy atom. The lowest BCUT2D eigenvalue weighted by Gasteiger charge is -2.07. The predicted molar refractivity (Wildman–Crippen MR) is 46.1 cm³/mol. The van der Waals surface area contributed by atoms with Gasteiger partial charge in [0.05, 0.1) is 12.7 Å². The molecule has 1 heterocycles. The van der Waals surface area contributed by atoms with Gasteiger partial charge in [0, 0.05) is 0 Å². The quantitative estimate of drug-likeness (QED) is 0.759. The van der Waals surface area contributed by atoms with Crippen LogP contribution < -0.4 is 0 Å². The molecule has 1 unspecified atom stereocenters. The Hall–Kier alpha value is -1.78. The Morgan fingerprint density at radius 2 is 2.14 bits per heavy atom. The maximum atomic E-state index is 10.8. The van der Waals surface area contributed by atoms with Gasteiger partial charge in [-0.05, 0) is 18.6 Å². The van der Waals surface area contributed by atoms with Gasteiger partial charge in [0.1, 0.15) is 11.7 Å². The molecule has 0 amide bonds. The van der Waals surface area contributed by atoms with Crippen LogP contribution in [0.2, 0.25) is 0 Å². The van der Waals surface area contributed by atoms with Crippen LogP contribution in [0.4, 0.5) is 0 Å². The van der Waals surface area contributed by atoms with Crippen LogP contribution in [0, 0.1) is 6.92 Å². The van der Waals surface area contributed by atoms with Crippen molar-refractivity contribution in [3.05, 3.63) is 23.7 Å². The van der Waals surface area contributed by atoms with E-state index >= 15 is 0 Å². The van der Waals surface area contributed by atoms with Crippen LogP contribution in [0.25, 0.3) is 0 Å². The summed E-state index contributed by atoms with van der Waals surface area (Å²) in [7, 11) is 0. The first-order chi connectivity index (χ1) is 6.52. The summed E-state index contributed by atoms with van der Waals surface area (Å²) in [6.07, 6.45) is 0.881. The van der Waals surface area contributed by atoms with E-state index in [-0.39, 0.29) is 5.76 Å². The van der Waals surface area contributed by atoms with Gasteiger partial charge in [-0.3, -0.25) is 9.59 Å². The van der Waals surface area contributed by atoms with Gasteiger partial charge >= 0.3 is 11.9 Å². The highest BCUT2D eigenvalue weighted by molar-refractivity contribution is 5.82. The topological polar surface area (TPSA) is 87.7 Å². The molecule has 0 saturated heterocycles. The van der Waals surface area contributed by atoms with E-state index in [4.69, 9.17) is 14.6 Å². The Morgan fingerprint density at radius 1 is 1.50 bits per heavy atom. The Kier molecular flexibility index (Phi) is 2.91. The second-order valence-corrected chi connectivity index (χ2v) is 2.96. The summed E-state index contributed by atoms with van der Waals surface area (Å²) in [6.45, 7) is 1.68. The number of carboxylic acids is 2. The summed E-state index contributed by atoms with van der Waals surface area (Å²) < 4.78 is 4.94. The van der Waals surface area contributed by atoms with Crippen molar-refractivity contribution in [2.75, 3.05) is 0 Å². The minimum absolute atomic E-state index is 0.208. The monoisotopic (exact) mass is 198 g/mol. The molecule has 1 aromatic heterocycles. The SMILES string of the molecule is Cc1ccoc1C(CC(=O)O)C(=O)O. The molecule has 1 aromatic rings. The van der Waals surface area contributed by atoms with Crippen LogP contribution in [-0.2, 0) is 9.59 Å². The van der Waals surface area contributed by atoms with E-state index in [1.54, 1.807) is 13.0 Å². The zero-order chi connectivity index (χ0) is 10.7. The Labute approximate surface area is 80.0 Å². The predicted octanol–water partition coefficient (Wildman–Crippen LogP) is 1.23. The van der Waals surface area contributed by atoms with Crippen molar-refractivity contribution >= 4 is 11.9 Å². The summed E-state index contributed by atoms with van der Waals surface area (Å²) in [6, 6.07) is 1.60. The molecule has 0 aliphatic heterocycles. The van der Waals surface area contributed by atoms with Gasteiger partial charge in [-0.2, -0.15) is 0 Å². The van der Waals surface area contributed by atoms with Gasteiger partial charge in [-0.25, -0.2) is 0 Å². The fourth-order valence-electron chi connectivity index (χ4n) is 1.21. The van der Waals surface area contributed by atoms with Gasteiger partial charge < -0.3 is 14.6 Å².